The van der Waals surface area contributed by atoms with Gasteiger partial charge in [0.1, 0.15) is 10.7 Å². The second-order valence-electron chi connectivity index (χ2n) is 4.14. The van der Waals surface area contributed by atoms with Gasteiger partial charge >= 0.3 is 0 Å². The molecule has 2 nitrogen and oxygen atoms in total. The van der Waals surface area contributed by atoms with Crippen molar-refractivity contribution in [2.45, 2.75) is 4.83 Å². The van der Waals surface area contributed by atoms with Crippen LogP contribution in [0.2, 0.25) is 0 Å². The second kappa shape index (κ2) is 3.29. The Morgan fingerprint density at radius 1 is 1.29 bits per heavy atom. The molecular formula is C12H8BrFO2S. The summed E-state index contributed by atoms with van der Waals surface area (Å²) in [4.78, 5) is -0.404. The SMILES string of the molecule is O=S1(=O)C=C2C=CC=CC23C1=C(F)C=CC3Br. The molecule has 0 N–H and O–H groups in total. The highest BCUT2D eigenvalue weighted by Crippen LogP contribution is 2.56. The Bertz CT molecular complexity index is 652. The van der Waals surface area contributed by atoms with Gasteiger partial charge in [-0.15, -0.1) is 0 Å². The first-order valence-corrected chi connectivity index (χ1v) is 7.50. The van der Waals surface area contributed by atoms with Gasteiger partial charge in [-0.3, -0.25) is 0 Å². The third kappa shape index (κ3) is 1.27. The summed E-state index contributed by atoms with van der Waals surface area (Å²) < 4.78 is 37.9. The molecule has 0 aromatic heterocycles. The van der Waals surface area contributed by atoms with Crippen LogP contribution >= 0.6 is 15.9 Å². The van der Waals surface area contributed by atoms with Gasteiger partial charge in [0, 0.05) is 5.41 Å². The average molecular weight is 315 g/mol. The zero-order valence-electron chi connectivity index (χ0n) is 8.60. The van der Waals surface area contributed by atoms with Crippen LogP contribution in [0.3, 0.4) is 0 Å². The van der Waals surface area contributed by atoms with Crippen LogP contribution in [0.15, 0.2) is 58.2 Å². The van der Waals surface area contributed by atoms with Gasteiger partial charge in [-0.2, -0.15) is 0 Å². The first-order chi connectivity index (χ1) is 7.98. The number of halogens is 2. The summed E-state index contributed by atoms with van der Waals surface area (Å²) >= 11 is 3.43. The molecule has 3 rings (SSSR count). The Labute approximate surface area is 107 Å². The van der Waals surface area contributed by atoms with E-state index in [0.29, 0.717) is 5.57 Å². The molecule has 0 radical (unpaired) electrons. The predicted molar refractivity (Wildman–Crippen MR) is 67.7 cm³/mol. The van der Waals surface area contributed by atoms with Crippen LogP contribution in [0.4, 0.5) is 4.39 Å². The van der Waals surface area contributed by atoms with Crippen molar-refractivity contribution in [1.82, 2.24) is 0 Å². The number of hydrogen-bond acceptors (Lipinski definition) is 2. The largest absolute Gasteiger partial charge is 0.219 e. The molecule has 0 saturated carbocycles. The van der Waals surface area contributed by atoms with Crippen molar-refractivity contribution in [3.8, 4) is 0 Å². The summed E-state index contributed by atoms with van der Waals surface area (Å²) in [5, 5.41) is 1.16. The summed E-state index contributed by atoms with van der Waals surface area (Å²) in [6.45, 7) is 0. The highest BCUT2D eigenvalue weighted by atomic mass is 79.9. The molecule has 0 bridgehead atoms. The third-order valence-corrected chi connectivity index (χ3v) is 5.92. The zero-order chi connectivity index (χ0) is 12.3. The summed E-state index contributed by atoms with van der Waals surface area (Å²) in [6.07, 6.45) is 9.80. The van der Waals surface area contributed by atoms with Crippen LogP contribution in [-0.4, -0.2) is 13.2 Å². The Balaban J connectivity index is 2.41. The van der Waals surface area contributed by atoms with E-state index in [1.54, 1.807) is 30.4 Å². The third-order valence-electron chi connectivity index (χ3n) is 3.23. The summed E-state index contributed by atoms with van der Waals surface area (Å²) in [5.74, 6) is -0.674. The van der Waals surface area contributed by atoms with Crippen LogP contribution < -0.4 is 0 Å². The molecule has 2 aliphatic carbocycles. The van der Waals surface area contributed by atoms with E-state index < -0.39 is 21.1 Å². The second-order valence-corrected chi connectivity index (χ2v) is 6.86. The molecule has 17 heavy (non-hydrogen) atoms. The molecule has 5 heteroatoms. The van der Waals surface area contributed by atoms with Crippen LogP contribution in [0.25, 0.3) is 0 Å². The molecule has 2 unspecified atom stereocenters. The van der Waals surface area contributed by atoms with Crippen molar-refractivity contribution in [3.05, 3.63) is 58.2 Å². The van der Waals surface area contributed by atoms with Crippen molar-refractivity contribution >= 4 is 25.8 Å². The van der Waals surface area contributed by atoms with Gasteiger partial charge in [-0.25, -0.2) is 12.8 Å². The molecule has 1 heterocycles. The lowest BCUT2D eigenvalue weighted by atomic mass is 9.73. The van der Waals surface area contributed by atoms with Gasteiger partial charge in [0.15, 0.2) is 9.84 Å². The molecule has 0 aromatic rings. The van der Waals surface area contributed by atoms with E-state index in [2.05, 4.69) is 15.9 Å². The average Bonchev–Trinajstić information content (AvgIpc) is 2.52. The number of sulfone groups is 1. The van der Waals surface area contributed by atoms with E-state index in [-0.39, 0.29) is 9.73 Å². The van der Waals surface area contributed by atoms with E-state index >= 15 is 0 Å². The smallest absolute Gasteiger partial charge is 0.200 e. The lowest BCUT2D eigenvalue weighted by Crippen LogP contribution is -2.33. The van der Waals surface area contributed by atoms with Crippen molar-refractivity contribution in [1.29, 1.82) is 0 Å². The van der Waals surface area contributed by atoms with E-state index in [1.807, 2.05) is 0 Å². The maximum absolute atomic E-state index is 13.9. The highest BCUT2D eigenvalue weighted by Gasteiger charge is 2.53. The van der Waals surface area contributed by atoms with Crippen LogP contribution in [-0.2, 0) is 9.84 Å². The monoisotopic (exact) mass is 314 g/mol. The first kappa shape index (κ1) is 11.2. The van der Waals surface area contributed by atoms with Crippen LogP contribution in [0, 0.1) is 5.41 Å². The first-order valence-electron chi connectivity index (χ1n) is 5.04. The fourth-order valence-electron chi connectivity index (χ4n) is 2.51. The normalized spacial score (nSPS) is 36.8. The molecule has 0 saturated heterocycles. The number of hydrogen-bond donors (Lipinski definition) is 0. The predicted octanol–water partition coefficient (Wildman–Crippen LogP) is 2.93. The lowest BCUT2D eigenvalue weighted by molar-refractivity contribution is 0.546. The Kier molecular flexibility index (Phi) is 2.16. The number of allylic oxidation sites excluding steroid dienone is 9. The van der Waals surface area contributed by atoms with E-state index in [1.165, 1.54) is 6.08 Å². The van der Waals surface area contributed by atoms with E-state index in [9.17, 15) is 12.8 Å². The lowest BCUT2D eigenvalue weighted by Gasteiger charge is -2.35. The van der Waals surface area contributed by atoms with Gasteiger partial charge < -0.3 is 0 Å². The van der Waals surface area contributed by atoms with Crippen molar-refractivity contribution in [2.24, 2.45) is 5.41 Å². The molecule has 1 aliphatic heterocycles. The maximum atomic E-state index is 13.9. The van der Waals surface area contributed by atoms with Crippen molar-refractivity contribution in [2.75, 3.05) is 0 Å². The fourth-order valence-corrected chi connectivity index (χ4v) is 5.31. The van der Waals surface area contributed by atoms with Gasteiger partial charge in [0.25, 0.3) is 0 Å². The van der Waals surface area contributed by atoms with E-state index in [4.69, 9.17) is 0 Å². The van der Waals surface area contributed by atoms with Gasteiger partial charge in [0.05, 0.1) is 10.2 Å². The molecule has 0 amide bonds. The van der Waals surface area contributed by atoms with Gasteiger partial charge in [0.2, 0.25) is 0 Å². The van der Waals surface area contributed by atoms with Crippen molar-refractivity contribution < 1.29 is 12.8 Å². The summed E-state index contributed by atoms with van der Waals surface area (Å²) in [7, 11) is -3.66. The number of alkyl halides is 1. The summed E-state index contributed by atoms with van der Waals surface area (Å²) in [5.41, 5.74) is -0.303. The molecule has 0 fully saturated rings. The van der Waals surface area contributed by atoms with Gasteiger partial charge in [-0.05, 0) is 11.6 Å². The minimum atomic E-state index is -3.66. The zero-order valence-corrected chi connectivity index (χ0v) is 11.0. The molecule has 0 aromatic carbocycles. The van der Waals surface area contributed by atoms with Gasteiger partial charge in [-0.1, -0.05) is 46.3 Å². The quantitative estimate of drug-likeness (QED) is 0.644. The van der Waals surface area contributed by atoms with E-state index in [0.717, 1.165) is 5.41 Å². The van der Waals surface area contributed by atoms with Crippen molar-refractivity contribution in [3.63, 3.8) is 0 Å². The Morgan fingerprint density at radius 2 is 2.06 bits per heavy atom. The highest BCUT2D eigenvalue weighted by molar-refractivity contribution is 9.09. The summed E-state index contributed by atoms with van der Waals surface area (Å²) in [6, 6.07) is 0. The topological polar surface area (TPSA) is 34.1 Å². The Morgan fingerprint density at radius 3 is 2.82 bits per heavy atom. The molecule has 2 atom stereocenters. The van der Waals surface area contributed by atoms with Crippen LogP contribution in [0.1, 0.15) is 0 Å². The molecular weight excluding hydrogens is 307 g/mol. The fraction of sp³-hybridized carbons (Fsp3) is 0.167. The minimum Gasteiger partial charge on any atom is -0.219 e. The number of rotatable bonds is 0. The molecule has 3 aliphatic rings. The minimum absolute atomic E-state index is 0.148. The maximum Gasteiger partial charge on any atom is 0.200 e. The molecule has 1 spiro atoms. The standard InChI is InChI=1S/C12H8BrFO2S/c13-10-5-4-9(14)11-12(10)6-2-1-3-8(12)7-17(11,15)16/h1-7,10H. The Hall–Kier alpha value is -0.940. The molecule has 88 valence electrons. The van der Waals surface area contributed by atoms with Crippen LogP contribution in [0.5, 0.6) is 0 Å².